The van der Waals surface area contributed by atoms with Gasteiger partial charge in [-0.05, 0) is 6.08 Å². The lowest BCUT2D eigenvalue weighted by Crippen LogP contribution is -2.07. The number of carbonyl (C=O) groups is 1. The van der Waals surface area contributed by atoms with Crippen LogP contribution in [0.2, 0.25) is 0 Å². The number of carboxylic acid groups (broad SMARTS) is 1. The Labute approximate surface area is 56.7 Å². The Kier molecular flexibility index (Phi) is 1.48. The summed E-state index contributed by atoms with van der Waals surface area (Å²) in [6.45, 7) is 0. The number of aliphatic carboxylic acids is 1. The maximum atomic E-state index is 10.3. The highest BCUT2D eigenvalue weighted by Gasteiger charge is 2.21. The van der Waals surface area contributed by atoms with Gasteiger partial charge in [-0.25, -0.2) is 4.79 Å². The van der Waals surface area contributed by atoms with Crippen molar-refractivity contribution in [2.24, 2.45) is 0 Å². The van der Waals surface area contributed by atoms with Crippen molar-refractivity contribution in [3.05, 3.63) is 29.3 Å². The largest absolute Gasteiger partial charge is 0.477 e. The van der Waals surface area contributed by atoms with Crippen molar-refractivity contribution in [3.63, 3.8) is 0 Å². The summed E-state index contributed by atoms with van der Waals surface area (Å²) in [5.41, 5.74) is 8.32. The van der Waals surface area contributed by atoms with E-state index in [1.165, 1.54) is 18.2 Å². The van der Waals surface area contributed by atoms with Crippen LogP contribution in [-0.2, 0) is 4.79 Å². The molecule has 1 aliphatic carbocycles. The average molecular weight is 136 g/mol. The average Bonchev–Trinajstić information content (AvgIpc) is 2.33. The zero-order chi connectivity index (χ0) is 7.56. The molecule has 1 N–H and O–H groups in total. The molecule has 10 heavy (non-hydrogen) atoms. The quantitative estimate of drug-likeness (QED) is 0.414. The Morgan fingerprint density at radius 2 is 2.40 bits per heavy atom. The van der Waals surface area contributed by atoms with Gasteiger partial charge in [0.15, 0.2) is 0 Å². The summed E-state index contributed by atoms with van der Waals surface area (Å²) >= 11 is 0. The summed E-state index contributed by atoms with van der Waals surface area (Å²) in [5.74, 6) is -1.09. The van der Waals surface area contributed by atoms with Crippen molar-refractivity contribution >= 4 is 11.7 Å². The molecule has 1 rings (SSSR count). The topological polar surface area (TPSA) is 73.7 Å². The molecule has 50 valence electrons. The Morgan fingerprint density at radius 1 is 1.70 bits per heavy atom. The van der Waals surface area contributed by atoms with Crippen molar-refractivity contribution in [3.8, 4) is 0 Å². The van der Waals surface area contributed by atoms with Gasteiger partial charge in [0, 0.05) is 6.08 Å². The molecule has 0 aromatic carbocycles. The Morgan fingerprint density at radius 3 is 2.80 bits per heavy atom. The van der Waals surface area contributed by atoms with Gasteiger partial charge < -0.3 is 10.6 Å². The van der Waals surface area contributed by atoms with Gasteiger partial charge in [0.25, 0.3) is 0 Å². The molecule has 0 fully saturated rings. The van der Waals surface area contributed by atoms with Gasteiger partial charge in [-0.2, -0.15) is 4.79 Å². The molecular weight excluding hydrogens is 132 g/mol. The monoisotopic (exact) mass is 136 g/mol. The maximum absolute atomic E-state index is 10.3. The third-order valence-electron chi connectivity index (χ3n) is 1.13. The number of hydrogen-bond donors (Lipinski definition) is 1. The van der Waals surface area contributed by atoms with Crippen LogP contribution in [-0.4, -0.2) is 21.6 Å². The smallest absolute Gasteiger partial charge is 0.343 e. The second-order valence-electron chi connectivity index (χ2n) is 1.73. The Hall–Kier alpha value is -1.67. The van der Waals surface area contributed by atoms with Gasteiger partial charge in [-0.1, -0.05) is 6.08 Å². The van der Waals surface area contributed by atoms with Crippen LogP contribution in [0.1, 0.15) is 0 Å². The van der Waals surface area contributed by atoms with Crippen LogP contribution in [0.3, 0.4) is 0 Å². The molecule has 0 atom stereocenters. The van der Waals surface area contributed by atoms with Crippen molar-refractivity contribution in [2.45, 2.75) is 0 Å². The predicted molar refractivity (Wildman–Crippen MR) is 33.5 cm³/mol. The first kappa shape index (κ1) is 6.45. The second-order valence-corrected chi connectivity index (χ2v) is 1.73. The van der Waals surface area contributed by atoms with E-state index in [-0.39, 0.29) is 11.3 Å². The van der Waals surface area contributed by atoms with Crippen LogP contribution < -0.4 is 0 Å². The van der Waals surface area contributed by atoms with Crippen LogP contribution in [0.5, 0.6) is 0 Å². The molecule has 0 aliphatic heterocycles. The summed E-state index contributed by atoms with van der Waals surface area (Å²) in [5, 5.41) is 8.41. The minimum Gasteiger partial charge on any atom is -0.477 e. The van der Waals surface area contributed by atoms with Crippen LogP contribution in [0, 0.1) is 0 Å². The lowest BCUT2D eigenvalue weighted by Gasteiger charge is -1.83. The summed E-state index contributed by atoms with van der Waals surface area (Å²) in [7, 11) is 0. The molecule has 4 heteroatoms. The molecule has 0 saturated carbocycles. The molecule has 0 amide bonds. The van der Waals surface area contributed by atoms with Crippen molar-refractivity contribution in [1.82, 2.24) is 0 Å². The minimum atomic E-state index is -1.09. The fourth-order valence-electron chi connectivity index (χ4n) is 0.679. The van der Waals surface area contributed by atoms with Gasteiger partial charge in [0.1, 0.15) is 5.57 Å². The summed E-state index contributed by atoms with van der Waals surface area (Å²) in [6.07, 6.45) is 4.30. The van der Waals surface area contributed by atoms with E-state index in [9.17, 15) is 4.79 Å². The first-order valence-electron chi connectivity index (χ1n) is 2.60. The molecule has 0 heterocycles. The first-order valence-corrected chi connectivity index (χ1v) is 2.60. The van der Waals surface area contributed by atoms with Gasteiger partial charge in [-0.15, -0.1) is 0 Å². The minimum absolute atomic E-state index is 0.0162. The normalized spacial score (nSPS) is 14.8. The SMILES string of the molecule is [N-]=[N+]=C1C=CC=C1C(=O)O. The summed E-state index contributed by atoms with van der Waals surface area (Å²) in [4.78, 5) is 13.0. The number of nitrogens with zero attached hydrogens (tertiary/aromatic N) is 2. The van der Waals surface area contributed by atoms with E-state index in [2.05, 4.69) is 4.79 Å². The number of carboxylic acids is 1. The van der Waals surface area contributed by atoms with E-state index in [4.69, 9.17) is 10.6 Å². The van der Waals surface area contributed by atoms with Gasteiger partial charge in [-0.3, -0.25) is 0 Å². The lowest BCUT2D eigenvalue weighted by atomic mass is 10.2. The summed E-state index contributed by atoms with van der Waals surface area (Å²) < 4.78 is 0. The van der Waals surface area contributed by atoms with Crippen LogP contribution >= 0.6 is 0 Å². The predicted octanol–water partition coefficient (Wildman–Crippen LogP) is 0.238. The van der Waals surface area contributed by atoms with Gasteiger partial charge >= 0.3 is 11.7 Å². The summed E-state index contributed by atoms with van der Waals surface area (Å²) in [6, 6.07) is 0. The third kappa shape index (κ3) is 0.876. The highest BCUT2D eigenvalue weighted by Crippen LogP contribution is 2.05. The van der Waals surface area contributed by atoms with E-state index < -0.39 is 5.97 Å². The highest BCUT2D eigenvalue weighted by atomic mass is 16.4. The van der Waals surface area contributed by atoms with Crippen LogP contribution in [0.25, 0.3) is 5.53 Å². The number of hydrogen-bond acceptors (Lipinski definition) is 1. The molecule has 0 aromatic heterocycles. The lowest BCUT2D eigenvalue weighted by molar-refractivity contribution is -0.132. The molecule has 0 spiro atoms. The molecular formula is C6H4N2O2. The van der Waals surface area contributed by atoms with E-state index in [0.29, 0.717) is 0 Å². The zero-order valence-corrected chi connectivity index (χ0v) is 4.98. The van der Waals surface area contributed by atoms with Crippen molar-refractivity contribution < 1.29 is 14.7 Å². The van der Waals surface area contributed by atoms with Crippen molar-refractivity contribution in [2.75, 3.05) is 0 Å². The van der Waals surface area contributed by atoms with Crippen molar-refractivity contribution in [1.29, 1.82) is 0 Å². The number of allylic oxidation sites excluding steroid dienone is 3. The molecule has 0 radical (unpaired) electrons. The van der Waals surface area contributed by atoms with Crippen LogP contribution in [0.15, 0.2) is 23.8 Å². The Bertz CT molecular complexity index is 282. The molecule has 0 saturated heterocycles. The molecule has 0 unspecified atom stereocenters. The van der Waals surface area contributed by atoms with Gasteiger partial charge in [0.2, 0.25) is 0 Å². The van der Waals surface area contributed by atoms with E-state index in [1.54, 1.807) is 0 Å². The van der Waals surface area contributed by atoms with E-state index in [1.807, 2.05) is 0 Å². The molecule has 0 aromatic rings. The van der Waals surface area contributed by atoms with E-state index >= 15 is 0 Å². The first-order chi connectivity index (χ1) is 4.75. The standard InChI is InChI=1S/C6H4N2O2/c7-8-5-3-1-2-4(5)6(9)10/h1-3H,(H,9,10). The zero-order valence-electron chi connectivity index (χ0n) is 4.98. The maximum Gasteiger partial charge on any atom is 0.343 e. The Balaban J connectivity index is 3.04. The fraction of sp³-hybridized carbons (Fsp3) is 0. The number of rotatable bonds is 1. The van der Waals surface area contributed by atoms with Crippen LogP contribution in [0.4, 0.5) is 0 Å². The van der Waals surface area contributed by atoms with Gasteiger partial charge in [0.05, 0.1) is 0 Å². The molecule has 4 nitrogen and oxygen atoms in total. The fourth-order valence-corrected chi connectivity index (χ4v) is 0.679. The third-order valence-corrected chi connectivity index (χ3v) is 1.13. The molecule has 0 bridgehead atoms. The van der Waals surface area contributed by atoms with E-state index in [0.717, 1.165) is 0 Å². The second kappa shape index (κ2) is 2.29. The molecule has 1 aliphatic rings. The highest BCUT2D eigenvalue weighted by molar-refractivity contribution is 6.23.